The molecule has 0 aliphatic carbocycles. The number of alkyl halides is 3. The highest BCUT2D eigenvalue weighted by Crippen LogP contribution is 2.35. The number of benzene rings is 3. The quantitative estimate of drug-likeness (QED) is 0.303. The van der Waals surface area contributed by atoms with E-state index in [1.165, 1.54) is 24.3 Å². The van der Waals surface area contributed by atoms with Crippen molar-refractivity contribution >= 4 is 21.9 Å². The molecule has 4 rings (SSSR count). The number of halogens is 5. The first-order chi connectivity index (χ1) is 14.8. The molecule has 1 N–H and O–H groups in total. The molecule has 0 spiro atoms. The van der Waals surface area contributed by atoms with Crippen LogP contribution in [0.2, 0.25) is 0 Å². The molecule has 0 saturated carbocycles. The van der Waals surface area contributed by atoms with Crippen LogP contribution in [0.3, 0.4) is 0 Å². The summed E-state index contributed by atoms with van der Waals surface area (Å²) in [6, 6.07) is 19.5. The van der Waals surface area contributed by atoms with E-state index in [0.29, 0.717) is 22.9 Å². The van der Waals surface area contributed by atoms with Gasteiger partial charge < -0.3 is 5.32 Å². The van der Waals surface area contributed by atoms with Crippen molar-refractivity contribution in [1.29, 1.82) is 0 Å². The smallest absolute Gasteiger partial charge is 0.351 e. The van der Waals surface area contributed by atoms with Gasteiger partial charge in [-0.25, -0.2) is 9.37 Å². The molecule has 0 aliphatic rings. The van der Waals surface area contributed by atoms with Crippen LogP contribution in [0.4, 0.5) is 23.5 Å². The largest absolute Gasteiger partial charge is 0.417 e. The molecule has 3 nitrogen and oxygen atoms in total. The topological polar surface area (TPSA) is 29.9 Å². The zero-order valence-electron chi connectivity index (χ0n) is 16.0. The van der Waals surface area contributed by atoms with Crippen molar-refractivity contribution < 1.29 is 17.6 Å². The maximum atomic E-state index is 13.8. The Balaban J connectivity index is 1.66. The van der Waals surface area contributed by atoms with Crippen LogP contribution >= 0.6 is 15.9 Å². The average molecular weight is 490 g/mol. The summed E-state index contributed by atoms with van der Waals surface area (Å²) in [5.41, 5.74) is 2.04. The first-order valence-corrected chi connectivity index (χ1v) is 10.1. The van der Waals surface area contributed by atoms with Gasteiger partial charge in [-0.1, -0.05) is 58.4 Å². The van der Waals surface area contributed by atoms with E-state index < -0.39 is 11.7 Å². The molecule has 0 atom stereocenters. The van der Waals surface area contributed by atoms with E-state index in [-0.39, 0.29) is 16.8 Å². The zero-order chi connectivity index (χ0) is 22.0. The second kappa shape index (κ2) is 8.55. The Hall–Kier alpha value is -3.13. The third kappa shape index (κ3) is 4.80. The fourth-order valence-corrected chi connectivity index (χ4v) is 3.81. The van der Waals surface area contributed by atoms with Crippen molar-refractivity contribution in [2.45, 2.75) is 12.7 Å². The predicted octanol–water partition coefficient (Wildman–Crippen LogP) is 7.07. The van der Waals surface area contributed by atoms with Crippen molar-refractivity contribution in [2.24, 2.45) is 0 Å². The molecule has 0 aliphatic heterocycles. The molecule has 8 heteroatoms. The van der Waals surface area contributed by atoms with Gasteiger partial charge in [-0.15, -0.1) is 0 Å². The standard InChI is InChI=1S/C23H16BrF4N3/c24-20-11-15(9-10-19(20)23(26,27)28)13-29-22-30-21(16-5-2-1-3-6-16)14-31(22)18-8-4-7-17(25)12-18/h1-12,14H,13H2,(H,29,30). The minimum Gasteiger partial charge on any atom is -0.351 e. The monoisotopic (exact) mass is 489 g/mol. The molecular formula is C23H16BrF4N3. The van der Waals surface area contributed by atoms with Crippen molar-refractivity contribution in [3.8, 4) is 16.9 Å². The SMILES string of the molecule is Fc1cccc(-n2cc(-c3ccccc3)nc2NCc2ccc(C(F)(F)F)c(Br)c2)c1. The van der Waals surface area contributed by atoms with Crippen LogP contribution in [-0.2, 0) is 12.7 Å². The summed E-state index contributed by atoms with van der Waals surface area (Å²) in [5, 5.41) is 3.15. The fourth-order valence-electron chi connectivity index (χ4n) is 3.16. The highest BCUT2D eigenvalue weighted by Gasteiger charge is 2.32. The van der Waals surface area contributed by atoms with Crippen molar-refractivity contribution in [1.82, 2.24) is 9.55 Å². The molecule has 0 fully saturated rings. The summed E-state index contributed by atoms with van der Waals surface area (Å²) in [6.07, 6.45) is -2.64. The number of nitrogens with zero attached hydrogens (tertiary/aromatic N) is 2. The van der Waals surface area contributed by atoms with Crippen molar-refractivity contribution in [3.05, 3.63) is 100 Å². The molecular weight excluding hydrogens is 474 g/mol. The van der Waals surface area contributed by atoms with Gasteiger partial charge in [0, 0.05) is 22.8 Å². The lowest BCUT2D eigenvalue weighted by Gasteiger charge is -2.12. The lowest BCUT2D eigenvalue weighted by Crippen LogP contribution is -2.09. The number of aromatic nitrogens is 2. The van der Waals surface area contributed by atoms with E-state index in [2.05, 4.69) is 26.2 Å². The lowest BCUT2D eigenvalue weighted by atomic mass is 10.1. The first kappa shape index (κ1) is 21.1. The van der Waals surface area contributed by atoms with E-state index in [0.717, 1.165) is 11.6 Å². The number of rotatable bonds is 5. The van der Waals surface area contributed by atoms with Gasteiger partial charge in [-0.2, -0.15) is 13.2 Å². The average Bonchev–Trinajstić information content (AvgIpc) is 3.16. The Labute approximate surface area is 184 Å². The van der Waals surface area contributed by atoms with Gasteiger partial charge in [0.25, 0.3) is 0 Å². The normalized spacial score (nSPS) is 11.5. The fraction of sp³-hybridized carbons (Fsp3) is 0.0870. The summed E-state index contributed by atoms with van der Waals surface area (Å²) < 4.78 is 54.4. The Morgan fingerprint density at radius 2 is 1.71 bits per heavy atom. The summed E-state index contributed by atoms with van der Waals surface area (Å²) >= 11 is 2.99. The molecule has 0 saturated heterocycles. The van der Waals surface area contributed by atoms with Crippen LogP contribution < -0.4 is 5.32 Å². The lowest BCUT2D eigenvalue weighted by molar-refractivity contribution is -0.138. The van der Waals surface area contributed by atoms with E-state index in [4.69, 9.17) is 0 Å². The van der Waals surface area contributed by atoms with Gasteiger partial charge in [-0.05, 0) is 35.9 Å². The second-order valence-electron chi connectivity index (χ2n) is 6.83. The Bertz CT molecular complexity index is 1200. The number of hydrogen-bond donors (Lipinski definition) is 1. The third-order valence-electron chi connectivity index (χ3n) is 4.65. The first-order valence-electron chi connectivity index (χ1n) is 9.31. The Morgan fingerprint density at radius 3 is 2.39 bits per heavy atom. The van der Waals surface area contributed by atoms with Crippen molar-refractivity contribution in [3.63, 3.8) is 0 Å². The summed E-state index contributed by atoms with van der Waals surface area (Å²) in [5.74, 6) is 0.0607. The Morgan fingerprint density at radius 1 is 0.935 bits per heavy atom. The molecule has 0 radical (unpaired) electrons. The van der Waals surface area contributed by atoms with Gasteiger partial charge in [0.2, 0.25) is 5.95 Å². The number of hydrogen-bond acceptors (Lipinski definition) is 2. The zero-order valence-corrected chi connectivity index (χ0v) is 17.6. The molecule has 3 aromatic carbocycles. The minimum atomic E-state index is -4.43. The van der Waals surface area contributed by atoms with Gasteiger partial charge in [0.15, 0.2) is 0 Å². The summed E-state index contributed by atoms with van der Waals surface area (Å²) in [6.45, 7) is 0.233. The van der Waals surface area contributed by atoms with Gasteiger partial charge in [0.05, 0.1) is 16.9 Å². The maximum absolute atomic E-state index is 13.8. The van der Waals surface area contributed by atoms with Crippen LogP contribution in [0, 0.1) is 5.82 Å². The van der Waals surface area contributed by atoms with E-state index in [1.54, 1.807) is 22.9 Å². The molecule has 1 heterocycles. The third-order valence-corrected chi connectivity index (χ3v) is 5.31. The molecule has 31 heavy (non-hydrogen) atoms. The second-order valence-corrected chi connectivity index (χ2v) is 7.69. The van der Waals surface area contributed by atoms with Gasteiger partial charge in [0.1, 0.15) is 5.82 Å². The molecule has 1 aromatic heterocycles. The summed E-state index contributed by atoms with van der Waals surface area (Å²) in [7, 11) is 0. The van der Waals surface area contributed by atoms with Crippen LogP contribution in [0.5, 0.6) is 0 Å². The minimum absolute atomic E-state index is 0.0299. The van der Waals surface area contributed by atoms with Gasteiger partial charge in [-0.3, -0.25) is 4.57 Å². The molecule has 158 valence electrons. The highest BCUT2D eigenvalue weighted by molar-refractivity contribution is 9.10. The predicted molar refractivity (Wildman–Crippen MR) is 115 cm³/mol. The van der Waals surface area contributed by atoms with E-state index in [1.807, 2.05) is 30.3 Å². The van der Waals surface area contributed by atoms with Crippen molar-refractivity contribution in [2.75, 3.05) is 5.32 Å². The molecule has 0 bridgehead atoms. The highest BCUT2D eigenvalue weighted by atomic mass is 79.9. The van der Waals surface area contributed by atoms with E-state index in [9.17, 15) is 17.6 Å². The van der Waals surface area contributed by atoms with Crippen LogP contribution in [0.25, 0.3) is 16.9 Å². The van der Waals surface area contributed by atoms with Gasteiger partial charge >= 0.3 is 6.18 Å². The van der Waals surface area contributed by atoms with Crippen LogP contribution in [0.1, 0.15) is 11.1 Å². The number of imidazole rings is 1. The summed E-state index contributed by atoms with van der Waals surface area (Å²) in [4.78, 5) is 4.62. The van der Waals surface area contributed by atoms with Crippen LogP contribution in [-0.4, -0.2) is 9.55 Å². The molecule has 0 amide bonds. The van der Waals surface area contributed by atoms with E-state index >= 15 is 0 Å². The molecule has 0 unspecified atom stereocenters. The Kier molecular flexibility index (Phi) is 5.82. The number of anilines is 1. The number of nitrogens with one attached hydrogen (secondary N) is 1. The molecule has 4 aromatic rings. The van der Waals surface area contributed by atoms with Crippen LogP contribution in [0.15, 0.2) is 83.5 Å². The maximum Gasteiger partial charge on any atom is 0.417 e.